The molecule has 2 heterocycles. The molecular weight excluding hydrogens is 326 g/mol. The van der Waals surface area contributed by atoms with Crippen LogP contribution in [-0.2, 0) is 16.1 Å². The van der Waals surface area contributed by atoms with Crippen LogP contribution in [0.15, 0.2) is 17.5 Å². The average molecular weight is 347 g/mol. The molecule has 4 amide bonds. The van der Waals surface area contributed by atoms with E-state index >= 15 is 0 Å². The second-order valence-electron chi connectivity index (χ2n) is 7.13. The van der Waals surface area contributed by atoms with Gasteiger partial charge in [0, 0.05) is 10.9 Å². The van der Waals surface area contributed by atoms with E-state index in [-0.39, 0.29) is 30.3 Å². The fourth-order valence-electron chi connectivity index (χ4n) is 3.40. The van der Waals surface area contributed by atoms with E-state index in [1.807, 2.05) is 22.4 Å². The quantitative estimate of drug-likeness (QED) is 0.800. The third-order valence-corrected chi connectivity index (χ3v) is 6.06. The van der Waals surface area contributed by atoms with Gasteiger partial charge in [-0.15, -0.1) is 11.3 Å². The SMILES string of the molecule is CC1(C2CC2)NC(=O)N(CC(=O)N(Cc2cccs2)C2CC2)C1=O. The summed E-state index contributed by atoms with van der Waals surface area (Å²) in [5.74, 6) is -0.190. The molecule has 3 fully saturated rings. The molecule has 1 saturated heterocycles. The molecule has 3 aliphatic rings. The van der Waals surface area contributed by atoms with Gasteiger partial charge >= 0.3 is 6.03 Å². The Bertz CT molecular complexity index is 681. The first-order valence-electron chi connectivity index (χ1n) is 8.45. The summed E-state index contributed by atoms with van der Waals surface area (Å²) in [4.78, 5) is 41.7. The van der Waals surface area contributed by atoms with Gasteiger partial charge in [0.15, 0.2) is 0 Å². The first-order valence-corrected chi connectivity index (χ1v) is 9.33. The van der Waals surface area contributed by atoms with Gasteiger partial charge in [-0.05, 0) is 50.0 Å². The van der Waals surface area contributed by atoms with E-state index in [0.29, 0.717) is 6.54 Å². The summed E-state index contributed by atoms with van der Waals surface area (Å²) >= 11 is 1.62. The van der Waals surface area contributed by atoms with Crippen molar-refractivity contribution in [2.24, 2.45) is 5.92 Å². The smallest absolute Gasteiger partial charge is 0.325 e. The third-order valence-electron chi connectivity index (χ3n) is 5.20. The summed E-state index contributed by atoms with van der Waals surface area (Å²) in [6.07, 6.45) is 3.90. The van der Waals surface area contributed by atoms with Gasteiger partial charge in [0.1, 0.15) is 12.1 Å². The van der Waals surface area contributed by atoms with Gasteiger partial charge in [0.25, 0.3) is 5.91 Å². The van der Waals surface area contributed by atoms with E-state index in [4.69, 9.17) is 0 Å². The lowest BCUT2D eigenvalue weighted by Gasteiger charge is -2.25. The Morgan fingerprint density at radius 2 is 2.12 bits per heavy atom. The highest BCUT2D eigenvalue weighted by atomic mass is 32.1. The maximum absolute atomic E-state index is 12.8. The van der Waals surface area contributed by atoms with E-state index in [2.05, 4.69) is 5.32 Å². The maximum Gasteiger partial charge on any atom is 0.325 e. The molecule has 6 nitrogen and oxygen atoms in total. The van der Waals surface area contributed by atoms with Crippen molar-refractivity contribution in [3.05, 3.63) is 22.4 Å². The minimum atomic E-state index is -0.824. The zero-order valence-electron chi connectivity index (χ0n) is 13.7. The van der Waals surface area contributed by atoms with E-state index in [1.165, 1.54) is 0 Å². The van der Waals surface area contributed by atoms with Gasteiger partial charge in [-0.25, -0.2) is 4.79 Å². The molecule has 1 N–H and O–H groups in total. The molecule has 0 aromatic carbocycles. The molecule has 1 unspecified atom stereocenters. The molecule has 4 rings (SSSR count). The number of thiophene rings is 1. The lowest BCUT2D eigenvalue weighted by Crippen LogP contribution is -2.47. The van der Waals surface area contributed by atoms with Crippen LogP contribution >= 0.6 is 11.3 Å². The highest BCUT2D eigenvalue weighted by Crippen LogP contribution is 2.42. The van der Waals surface area contributed by atoms with Crippen molar-refractivity contribution in [1.29, 1.82) is 0 Å². The van der Waals surface area contributed by atoms with Crippen LogP contribution in [0.2, 0.25) is 0 Å². The maximum atomic E-state index is 12.8. The molecular formula is C17H21N3O3S. The van der Waals surface area contributed by atoms with E-state index in [1.54, 1.807) is 18.3 Å². The first-order chi connectivity index (χ1) is 11.5. The van der Waals surface area contributed by atoms with Gasteiger partial charge < -0.3 is 10.2 Å². The second-order valence-corrected chi connectivity index (χ2v) is 8.16. The van der Waals surface area contributed by atoms with Gasteiger partial charge in [0.2, 0.25) is 5.91 Å². The van der Waals surface area contributed by atoms with E-state index < -0.39 is 11.6 Å². The number of nitrogens with zero attached hydrogens (tertiary/aromatic N) is 2. The van der Waals surface area contributed by atoms with Crippen molar-refractivity contribution in [2.45, 2.75) is 50.7 Å². The number of carbonyl (C=O) groups is 3. The van der Waals surface area contributed by atoms with Crippen LogP contribution in [-0.4, -0.2) is 45.8 Å². The monoisotopic (exact) mass is 347 g/mol. The molecule has 1 atom stereocenters. The molecule has 128 valence electrons. The van der Waals surface area contributed by atoms with Crippen LogP contribution in [0.1, 0.15) is 37.5 Å². The van der Waals surface area contributed by atoms with Crippen LogP contribution in [0, 0.1) is 5.92 Å². The Morgan fingerprint density at radius 1 is 1.38 bits per heavy atom. The minimum absolute atomic E-state index is 0.144. The van der Waals surface area contributed by atoms with Crippen molar-refractivity contribution in [3.63, 3.8) is 0 Å². The first kappa shape index (κ1) is 15.6. The second kappa shape index (κ2) is 5.58. The Balaban J connectivity index is 1.46. The van der Waals surface area contributed by atoms with E-state index in [0.717, 1.165) is 35.5 Å². The molecule has 0 bridgehead atoms. The van der Waals surface area contributed by atoms with Crippen LogP contribution in [0.3, 0.4) is 0 Å². The third kappa shape index (κ3) is 2.70. The Hall–Kier alpha value is -1.89. The van der Waals surface area contributed by atoms with E-state index in [9.17, 15) is 14.4 Å². The summed E-state index contributed by atoms with van der Waals surface area (Å²) in [7, 11) is 0. The van der Waals surface area contributed by atoms with Crippen LogP contribution in [0.5, 0.6) is 0 Å². The summed E-state index contributed by atoms with van der Waals surface area (Å²) in [5.41, 5.74) is -0.824. The molecule has 24 heavy (non-hydrogen) atoms. The Morgan fingerprint density at radius 3 is 2.71 bits per heavy atom. The zero-order chi connectivity index (χ0) is 16.9. The predicted octanol–water partition coefficient (Wildman–Crippen LogP) is 1.96. The molecule has 1 aromatic heterocycles. The summed E-state index contributed by atoms with van der Waals surface area (Å²) < 4.78 is 0. The molecule has 7 heteroatoms. The normalized spacial score (nSPS) is 26.6. The Labute approximate surface area is 144 Å². The van der Waals surface area contributed by atoms with Gasteiger partial charge in [-0.1, -0.05) is 6.07 Å². The summed E-state index contributed by atoms with van der Waals surface area (Å²) in [6, 6.07) is 3.78. The average Bonchev–Trinajstić information content (AvgIpc) is 3.47. The topological polar surface area (TPSA) is 69.7 Å². The molecule has 0 spiro atoms. The van der Waals surface area contributed by atoms with Crippen LogP contribution < -0.4 is 5.32 Å². The van der Waals surface area contributed by atoms with Crippen molar-refractivity contribution in [2.75, 3.05) is 6.54 Å². The number of imide groups is 1. The van der Waals surface area contributed by atoms with Crippen LogP contribution in [0.4, 0.5) is 4.79 Å². The van der Waals surface area contributed by atoms with Crippen molar-refractivity contribution in [1.82, 2.24) is 15.1 Å². The standard InChI is InChI=1S/C17H21N3O3S/c1-17(11-4-5-11)15(22)20(16(23)18-17)10-14(21)19(12-6-7-12)9-13-3-2-8-24-13/h2-3,8,11-12H,4-7,9-10H2,1H3,(H,18,23). The van der Waals surface area contributed by atoms with Crippen LogP contribution in [0.25, 0.3) is 0 Å². The summed E-state index contributed by atoms with van der Waals surface area (Å²) in [6.45, 7) is 2.18. The number of urea groups is 1. The lowest BCUT2D eigenvalue weighted by molar-refractivity contribution is -0.139. The number of nitrogens with one attached hydrogen (secondary N) is 1. The van der Waals surface area contributed by atoms with Gasteiger partial charge in [-0.2, -0.15) is 0 Å². The highest BCUT2D eigenvalue weighted by molar-refractivity contribution is 7.09. The molecule has 1 aliphatic heterocycles. The number of hydrogen-bond donors (Lipinski definition) is 1. The fraction of sp³-hybridized carbons (Fsp3) is 0.588. The minimum Gasteiger partial charge on any atom is -0.333 e. The van der Waals surface area contributed by atoms with Crippen molar-refractivity contribution in [3.8, 4) is 0 Å². The predicted molar refractivity (Wildman–Crippen MR) is 89.3 cm³/mol. The van der Waals surface area contributed by atoms with Gasteiger partial charge in [0.05, 0.1) is 6.54 Å². The molecule has 2 aliphatic carbocycles. The zero-order valence-corrected chi connectivity index (χ0v) is 14.5. The fourth-order valence-corrected chi connectivity index (χ4v) is 4.10. The summed E-state index contributed by atoms with van der Waals surface area (Å²) in [5, 5.41) is 4.79. The molecule has 0 radical (unpaired) electrons. The van der Waals surface area contributed by atoms with Crippen molar-refractivity contribution < 1.29 is 14.4 Å². The van der Waals surface area contributed by atoms with Crippen molar-refractivity contribution >= 4 is 29.2 Å². The number of hydrogen-bond acceptors (Lipinski definition) is 4. The molecule has 1 aromatic rings. The highest BCUT2D eigenvalue weighted by Gasteiger charge is 2.56. The number of carbonyl (C=O) groups excluding carboxylic acids is 3. The van der Waals surface area contributed by atoms with Gasteiger partial charge in [-0.3, -0.25) is 14.5 Å². The lowest BCUT2D eigenvalue weighted by atomic mass is 9.96. The number of amides is 4. The number of rotatable bonds is 6. The Kier molecular flexibility index (Phi) is 3.63. The largest absolute Gasteiger partial charge is 0.333 e. The molecule has 2 saturated carbocycles.